The van der Waals surface area contributed by atoms with Gasteiger partial charge in [-0.2, -0.15) is 0 Å². The van der Waals surface area contributed by atoms with Crippen molar-refractivity contribution in [2.45, 2.75) is 20.8 Å². The first-order valence-corrected chi connectivity index (χ1v) is 8.54. The molecule has 0 spiro atoms. The van der Waals surface area contributed by atoms with Crippen LogP contribution >= 0.6 is 7.60 Å². The lowest BCUT2D eigenvalue weighted by Crippen LogP contribution is -2.12. The highest BCUT2D eigenvalue weighted by atomic mass is 31.2. The van der Waals surface area contributed by atoms with Crippen LogP contribution in [0.1, 0.15) is 37.4 Å². The van der Waals surface area contributed by atoms with Gasteiger partial charge in [-0.25, -0.2) is 9.36 Å². The highest BCUT2D eigenvalue weighted by molar-refractivity contribution is 7.72. The molecule has 0 saturated heterocycles. The number of carbonyl (C=O) groups excluding carboxylic acids is 2. The van der Waals surface area contributed by atoms with Crippen LogP contribution in [-0.4, -0.2) is 16.4 Å². The Kier molecular flexibility index (Phi) is 4.83. The SMILES string of the molecule is Cc1ccc(C(=O)P(=O)(O)OC(=O)c2c(C)cccc2C)cc1. The van der Waals surface area contributed by atoms with E-state index in [2.05, 4.69) is 4.52 Å². The van der Waals surface area contributed by atoms with E-state index in [1.165, 1.54) is 12.1 Å². The zero-order valence-electron chi connectivity index (χ0n) is 13.1. The third kappa shape index (κ3) is 3.76. The molecule has 5 nitrogen and oxygen atoms in total. The van der Waals surface area contributed by atoms with Crippen LogP contribution in [0.15, 0.2) is 42.5 Å². The van der Waals surface area contributed by atoms with Gasteiger partial charge in [-0.3, -0.25) is 4.79 Å². The second-order valence-electron chi connectivity index (χ2n) is 5.34. The van der Waals surface area contributed by atoms with Gasteiger partial charge in [-0.05, 0) is 31.9 Å². The van der Waals surface area contributed by atoms with Gasteiger partial charge in [0, 0.05) is 5.56 Å². The van der Waals surface area contributed by atoms with E-state index in [0.717, 1.165) is 5.56 Å². The van der Waals surface area contributed by atoms with Crippen LogP contribution in [0.4, 0.5) is 0 Å². The number of hydrogen-bond donors (Lipinski definition) is 1. The standard InChI is InChI=1S/C17H17O5P/c1-11-7-9-14(10-8-11)17(19)23(20,21)22-16(18)15-12(2)5-4-6-13(15)3/h4-10H,1-3H3,(H,20,21). The molecule has 6 heteroatoms. The number of carbonyl (C=O) groups is 2. The minimum absolute atomic E-state index is 0.0238. The van der Waals surface area contributed by atoms with Gasteiger partial charge in [-0.1, -0.05) is 48.0 Å². The largest absolute Gasteiger partial charge is 0.450 e. The summed E-state index contributed by atoms with van der Waals surface area (Å²) in [4.78, 5) is 34.2. The number of benzene rings is 2. The molecule has 0 saturated carbocycles. The molecule has 0 amide bonds. The van der Waals surface area contributed by atoms with Crippen molar-refractivity contribution in [2.75, 3.05) is 0 Å². The van der Waals surface area contributed by atoms with Gasteiger partial charge in [0.2, 0.25) is 0 Å². The molecule has 2 rings (SSSR count). The predicted octanol–water partition coefficient (Wildman–Crippen LogP) is 3.79. The zero-order valence-corrected chi connectivity index (χ0v) is 14.0. The fourth-order valence-corrected chi connectivity index (χ4v) is 3.07. The third-order valence-electron chi connectivity index (χ3n) is 3.45. The Bertz CT molecular complexity index is 788. The van der Waals surface area contributed by atoms with Crippen molar-refractivity contribution in [1.82, 2.24) is 0 Å². The summed E-state index contributed by atoms with van der Waals surface area (Å²) in [7, 11) is -4.77. The summed E-state index contributed by atoms with van der Waals surface area (Å²) in [5.41, 5.74) is 1.24. The Hall–Kier alpha value is -2.23. The van der Waals surface area contributed by atoms with Gasteiger partial charge < -0.3 is 9.42 Å². The molecule has 23 heavy (non-hydrogen) atoms. The zero-order chi connectivity index (χ0) is 17.2. The molecule has 1 unspecified atom stereocenters. The molecule has 1 N–H and O–H groups in total. The van der Waals surface area contributed by atoms with Crippen molar-refractivity contribution < 1.29 is 23.6 Å². The van der Waals surface area contributed by atoms with Gasteiger partial charge in [0.1, 0.15) is 0 Å². The van der Waals surface area contributed by atoms with Crippen LogP contribution in [0, 0.1) is 20.8 Å². The summed E-state index contributed by atoms with van der Waals surface area (Å²) in [6.07, 6.45) is 0. The van der Waals surface area contributed by atoms with Crippen molar-refractivity contribution in [2.24, 2.45) is 0 Å². The maximum absolute atomic E-state index is 12.2. The topological polar surface area (TPSA) is 80.7 Å². The first-order chi connectivity index (χ1) is 10.7. The summed E-state index contributed by atoms with van der Waals surface area (Å²) in [6.45, 7) is 5.20. The minimum atomic E-state index is -4.77. The molecule has 0 aliphatic heterocycles. The Labute approximate surface area is 134 Å². The summed E-state index contributed by atoms with van der Waals surface area (Å²) < 4.78 is 16.8. The second kappa shape index (κ2) is 6.49. The summed E-state index contributed by atoms with van der Waals surface area (Å²) in [5, 5.41) is 0. The number of hydrogen-bond acceptors (Lipinski definition) is 4. The molecule has 0 bridgehead atoms. The van der Waals surface area contributed by atoms with Gasteiger partial charge in [0.25, 0.3) is 5.52 Å². The lowest BCUT2D eigenvalue weighted by atomic mass is 10.0. The first kappa shape index (κ1) is 17.1. The Morgan fingerprint density at radius 1 is 0.957 bits per heavy atom. The van der Waals surface area contributed by atoms with Gasteiger partial charge in [0.15, 0.2) is 0 Å². The first-order valence-electron chi connectivity index (χ1n) is 6.97. The van der Waals surface area contributed by atoms with E-state index in [-0.39, 0.29) is 11.1 Å². The monoisotopic (exact) mass is 332 g/mol. The van der Waals surface area contributed by atoms with E-state index >= 15 is 0 Å². The Balaban J connectivity index is 2.27. The quantitative estimate of drug-likeness (QED) is 0.862. The van der Waals surface area contributed by atoms with E-state index in [0.29, 0.717) is 11.1 Å². The van der Waals surface area contributed by atoms with Crippen LogP contribution in [0.2, 0.25) is 0 Å². The number of aryl methyl sites for hydroxylation is 3. The molecule has 0 radical (unpaired) electrons. The van der Waals surface area contributed by atoms with Gasteiger partial charge >= 0.3 is 13.6 Å². The molecule has 0 fully saturated rings. The van der Waals surface area contributed by atoms with E-state index in [1.807, 2.05) is 6.92 Å². The summed E-state index contributed by atoms with van der Waals surface area (Å²) >= 11 is 0. The molecule has 0 aliphatic carbocycles. The minimum Gasteiger partial charge on any atom is -0.383 e. The van der Waals surface area contributed by atoms with Crippen molar-refractivity contribution >= 4 is 19.1 Å². The van der Waals surface area contributed by atoms with Gasteiger partial charge in [-0.15, -0.1) is 0 Å². The van der Waals surface area contributed by atoms with Crippen LogP contribution in [0.3, 0.4) is 0 Å². The lowest BCUT2D eigenvalue weighted by molar-refractivity contribution is 0.0699. The normalized spacial score (nSPS) is 13.2. The Morgan fingerprint density at radius 3 is 2.00 bits per heavy atom. The van der Waals surface area contributed by atoms with Crippen molar-refractivity contribution in [3.05, 3.63) is 70.3 Å². The van der Waals surface area contributed by atoms with Crippen molar-refractivity contribution in [1.29, 1.82) is 0 Å². The molecular weight excluding hydrogens is 315 g/mol. The lowest BCUT2D eigenvalue weighted by Gasteiger charge is -2.13. The fourth-order valence-electron chi connectivity index (χ4n) is 2.20. The summed E-state index contributed by atoms with van der Waals surface area (Å²) in [6, 6.07) is 11.3. The van der Waals surface area contributed by atoms with E-state index in [1.54, 1.807) is 44.2 Å². The second-order valence-corrected chi connectivity index (χ2v) is 6.97. The van der Waals surface area contributed by atoms with E-state index in [9.17, 15) is 19.0 Å². The molecule has 0 aromatic heterocycles. The maximum atomic E-state index is 12.2. The highest BCUT2D eigenvalue weighted by Gasteiger charge is 2.36. The van der Waals surface area contributed by atoms with Gasteiger partial charge in [0.05, 0.1) is 5.56 Å². The average molecular weight is 332 g/mol. The van der Waals surface area contributed by atoms with Crippen LogP contribution < -0.4 is 0 Å². The highest BCUT2D eigenvalue weighted by Crippen LogP contribution is 2.46. The van der Waals surface area contributed by atoms with Crippen LogP contribution in [0.5, 0.6) is 0 Å². The third-order valence-corrected chi connectivity index (χ3v) is 4.63. The average Bonchev–Trinajstić information content (AvgIpc) is 2.46. The molecule has 1 atom stereocenters. The van der Waals surface area contributed by atoms with Crippen molar-refractivity contribution in [3.8, 4) is 0 Å². The molecule has 120 valence electrons. The summed E-state index contributed by atoms with van der Waals surface area (Å²) in [5.74, 6) is -0.980. The smallest absolute Gasteiger partial charge is 0.383 e. The van der Waals surface area contributed by atoms with E-state index in [4.69, 9.17) is 0 Å². The van der Waals surface area contributed by atoms with Crippen LogP contribution in [-0.2, 0) is 9.09 Å². The molecular formula is C17H17O5P. The maximum Gasteiger partial charge on any atom is 0.450 e. The van der Waals surface area contributed by atoms with Crippen LogP contribution in [0.25, 0.3) is 0 Å². The fraction of sp³-hybridized carbons (Fsp3) is 0.176. The molecule has 2 aromatic rings. The molecule has 2 aromatic carbocycles. The number of rotatable bonds is 4. The predicted molar refractivity (Wildman–Crippen MR) is 86.7 cm³/mol. The molecule has 0 aliphatic rings. The Morgan fingerprint density at radius 2 is 1.48 bits per heavy atom. The molecule has 0 heterocycles. The van der Waals surface area contributed by atoms with Crippen molar-refractivity contribution in [3.63, 3.8) is 0 Å². The van der Waals surface area contributed by atoms with E-state index < -0.39 is 19.1 Å².